The second-order valence-electron chi connectivity index (χ2n) is 5.14. The molecule has 1 rings (SSSR count). The Morgan fingerprint density at radius 1 is 1.47 bits per heavy atom. The molecule has 5 nitrogen and oxygen atoms in total. The summed E-state index contributed by atoms with van der Waals surface area (Å²) in [5.74, 6) is 0.614. The highest BCUT2D eigenvalue weighted by atomic mass is 16.5. The third-order valence-corrected chi connectivity index (χ3v) is 3.84. The van der Waals surface area contributed by atoms with Crippen molar-refractivity contribution in [3.05, 3.63) is 11.9 Å². The smallest absolute Gasteiger partial charge is 0.204 e. The molecule has 0 aromatic carbocycles. The lowest BCUT2D eigenvalue weighted by atomic mass is 9.89. The zero-order valence-corrected chi connectivity index (χ0v) is 12.9. The van der Waals surface area contributed by atoms with Crippen molar-refractivity contribution in [3.8, 4) is 5.75 Å². The normalized spacial score (nSPS) is 14.5. The summed E-state index contributed by atoms with van der Waals surface area (Å²) < 4.78 is 7.04. The first-order valence-corrected chi connectivity index (χ1v) is 6.74. The van der Waals surface area contributed by atoms with Gasteiger partial charge in [-0.1, -0.05) is 13.8 Å². The lowest BCUT2D eigenvalue weighted by molar-refractivity contribution is 0.0695. The van der Waals surface area contributed by atoms with Gasteiger partial charge in [0.1, 0.15) is 5.69 Å². The van der Waals surface area contributed by atoms with Crippen LogP contribution in [0.25, 0.3) is 0 Å². The Labute approximate surface area is 115 Å². The van der Waals surface area contributed by atoms with E-state index < -0.39 is 5.54 Å². The number of ether oxygens (including phenoxy) is 1. The molecule has 0 aliphatic carbocycles. The number of carbonyl (C=O) groups is 1. The van der Waals surface area contributed by atoms with E-state index in [4.69, 9.17) is 4.74 Å². The monoisotopic (exact) mass is 267 g/mol. The molecule has 0 saturated heterocycles. The number of hydrogen-bond acceptors (Lipinski definition) is 4. The zero-order valence-electron chi connectivity index (χ0n) is 12.9. The Bertz CT molecular complexity index is 440. The largest absolute Gasteiger partial charge is 0.493 e. The van der Waals surface area contributed by atoms with Crippen LogP contribution in [0, 0.1) is 0 Å². The summed E-state index contributed by atoms with van der Waals surface area (Å²) in [7, 11) is 5.42. The number of carbonyl (C=O) groups excluding carboxylic acids is 1. The van der Waals surface area contributed by atoms with E-state index in [-0.39, 0.29) is 5.78 Å². The van der Waals surface area contributed by atoms with Crippen molar-refractivity contribution in [3.63, 3.8) is 0 Å². The van der Waals surface area contributed by atoms with Gasteiger partial charge in [0.05, 0.1) is 18.8 Å². The molecule has 1 unspecified atom stereocenters. The Morgan fingerprint density at radius 3 is 2.53 bits per heavy atom. The minimum atomic E-state index is -0.543. The summed E-state index contributed by atoms with van der Waals surface area (Å²) in [5, 5.41) is 4.26. The van der Waals surface area contributed by atoms with Gasteiger partial charge in [0.2, 0.25) is 5.78 Å². The molecule has 0 bridgehead atoms. The highest BCUT2D eigenvalue weighted by Crippen LogP contribution is 2.27. The van der Waals surface area contributed by atoms with Gasteiger partial charge in [0.25, 0.3) is 0 Å². The number of Topliss-reactive ketones (excluding diaryl/α,β-unsaturated/α-hetero) is 1. The van der Waals surface area contributed by atoms with Gasteiger partial charge < -0.3 is 4.74 Å². The first kappa shape index (κ1) is 15.7. The fourth-order valence-electron chi connectivity index (χ4n) is 2.06. The quantitative estimate of drug-likeness (QED) is 0.711. The fourth-order valence-corrected chi connectivity index (χ4v) is 2.06. The third kappa shape index (κ3) is 2.81. The molecule has 0 radical (unpaired) electrons. The van der Waals surface area contributed by atoms with Crippen molar-refractivity contribution in [2.45, 2.75) is 45.7 Å². The van der Waals surface area contributed by atoms with E-state index in [1.54, 1.807) is 18.0 Å². The number of hydrogen-bond donors (Lipinski definition) is 0. The Balaban J connectivity index is 3.27. The van der Waals surface area contributed by atoms with Crippen molar-refractivity contribution in [1.29, 1.82) is 0 Å². The number of methoxy groups -OCH3 is 1. The number of aromatic nitrogens is 2. The number of aryl methyl sites for hydroxylation is 1. The second-order valence-corrected chi connectivity index (χ2v) is 5.14. The van der Waals surface area contributed by atoms with Gasteiger partial charge in [-0.25, -0.2) is 0 Å². The van der Waals surface area contributed by atoms with Crippen molar-refractivity contribution >= 4 is 5.78 Å². The summed E-state index contributed by atoms with van der Waals surface area (Å²) in [5.41, 5.74) is 0.0288. The fraction of sp³-hybridized carbons (Fsp3) is 0.714. The molecule has 0 aliphatic rings. The van der Waals surface area contributed by atoms with E-state index >= 15 is 0 Å². The molecule has 19 heavy (non-hydrogen) atoms. The number of ketones is 1. The summed E-state index contributed by atoms with van der Waals surface area (Å²) in [4.78, 5) is 14.8. The molecule has 0 fully saturated rings. The van der Waals surface area contributed by atoms with Gasteiger partial charge in [-0.2, -0.15) is 5.10 Å². The van der Waals surface area contributed by atoms with Crippen LogP contribution in [0.5, 0.6) is 5.75 Å². The van der Waals surface area contributed by atoms with E-state index in [1.165, 1.54) is 0 Å². The molecule has 108 valence electrons. The average Bonchev–Trinajstić information content (AvgIpc) is 2.79. The molecule has 0 spiro atoms. The lowest BCUT2D eigenvalue weighted by Gasteiger charge is -2.34. The van der Waals surface area contributed by atoms with Crippen LogP contribution in [0.3, 0.4) is 0 Å². The molecule has 5 heteroatoms. The Hall–Kier alpha value is -1.36. The molecule has 1 aromatic rings. The molecule has 0 amide bonds. The molecule has 0 aliphatic heterocycles. The topological polar surface area (TPSA) is 47.4 Å². The van der Waals surface area contributed by atoms with Gasteiger partial charge in [0.15, 0.2) is 5.75 Å². The van der Waals surface area contributed by atoms with E-state index in [1.807, 2.05) is 32.8 Å². The summed E-state index contributed by atoms with van der Waals surface area (Å²) in [6.45, 7) is 6.76. The van der Waals surface area contributed by atoms with Crippen LogP contribution in [0.4, 0.5) is 0 Å². The number of nitrogens with zero attached hydrogens (tertiary/aromatic N) is 3. The van der Waals surface area contributed by atoms with Crippen LogP contribution in [0.1, 0.15) is 44.1 Å². The summed E-state index contributed by atoms with van der Waals surface area (Å²) >= 11 is 0. The van der Waals surface area contributed by atoms with E-state index in [0.29, 0.717) is 11.4 Å². The summed E-state index contributed by atoms with van der Waals surface area (Å²) in [6.07, 6.45) is 3.28. The first-order chi connectivity index (χ1) is 8.92. The first-order valence-electron chi connectivity index (χ1n) is 6.74. The average molecular weight is 267 g/mol. The van der Waals surface area contributed by atoms with Crippen molar-refractivity contribution in [1.82, 2.24) is 14.7 Å². The molecule has 1 heterocycles. The van der Waals surface area contributed by atoms with E-state index in [9.17, 15) is 4.79 Å². The van der Waals surface area contributed by atoms with Gasteiger partial charge in [0, 0.05) is 6.54 Å². The van der Waals surface area contributed by atoms with E-state index in [0.717, 1.165) is 19.4 Å². The van der Waals surface area contributed by atoms with E-state index in [2.05, 4.69) is 12.0 Å². The maximum Gasteiger partial charge on any atom is 0.204 e. The van der Waals surface area contributed by atoms with Crippen LogP contribution in [0.15, 0.2) is 6.20 Å². The maximum absolute atomic E-state index is 12.9. The van der Waals surface area contributed by atoms with Crippen LogP contribution in [-0.4, -0.2) is 47.2 Å². The number of rotatable bonds is 7. The third-order valence-electron chi connectivity index (χ3n) is 3.84. The molecular formula is C14H25N3O2. The molecular weight excluding hydrogens is 242 g/mol. The Morgan fingerprint density at radius 2 is 2.11 bits per heavy atom. The lowest BCUT2D eigenvalue weighted by Crippen LogP contribution is -2.48. The van der Waals surface area contributed by atoms with Crippen LogP contribution < -0.4 is 4.74 Å². The molecule has 1 atom stereocenters. The zero-order chi connectivity index (χ0) is 14.6. The molecule has 1 aromatic heterocycles. The highest BCUT2D eigenvalue weighted by Gasteiger charge is 2.38. The molecule has 0 N–H and O–H groups in total. The van der Waals surface area contributed by atoms with Crippen molar-refractivity contribution in [2.24, 2.45) is 0 Å². The van der Waals surface area contributed by atoms with Gasteiger partial charge in [-0.05, 0) is 33.9 Å². The SMILES string of the molecule is CCCn1ncc(OC)c1C(=O)C(C)(CC)N(C)C. The van der Waals surface area contributed by atoms with Crippen molar-refractivity contribution < 1.29 is 9.53 Å². The van der Waals surface area contributed by atoms with Gasteiger partial charge >= 0.3 is 0 Å². The van der Waals surface area contributed by atoms with Crippen LogP contribution in [0.2, 0.25) is 0 Å². The number of likely N-dealkylation sites (N-methyl/N-ethyl adjacent to an activating group) is 1. The standard InChI is InChI=1S/C14H25N3O2/c1-7-9-17-12(11(19-6)10-15-17)13(18)14(3,8-2)16(4)5/h10H,7-9H2,1-6H3. The minimum Gasteiger partial charge on any atom is -0.493 e. The van der Waals surface area contributed by atoms with Crippen molar-refractivity contribution in [2.75, 3.05) is 21.2 Å². The van der Waals surface area contributed by atoms with Gasteiger partial charge in [-0.3, -0.25) is 14.4 Å². The van der Waals surface area contributed by atoms with Crippen LogP contribution >= 0.6 is 0 Å². The second kappa shape index (κ2) is 6.19. The summed E-state index contributed by atoms with van der Waals surface area (Å²) in [6, 6.07) is 0. The molecule has 0 saturated carbocycles. The highest BCUT2D eigenvalue weighted by molar-refractivity contribution is 6.03. The van der Waals surface area contributed by atoms with Gasteiger partial charge in [-0.15, -0.1) is 0 Å². The Kier molecular flexibility index (Phi) is 5.11. The minimum absolute atomic E-state index is 0.0581. The maximum atomic E-state index is 12.9. The van der Waals surface area contributed by atoms with Crippen LogP contribution in [-0.2, 0) is 6.54 Å². The predicted octanol–water partition coefficient (Wildman–Crippen LogP) is 2.21. The predicted molar refractivity (Wildman–Crippen MR) is 75.8 cm³/mol.